The van der Waals surface area contributed by atoms with Crippen molar-refractivity contribution in [2.75, 3.05) is 46.3 Å². The molecule has 2 fully saturated rings. The number of piperidine rings is 2. The number of carbonyl (C=O) groups is 1. The number of likely N-dealkylation sites (tertiary alicyclic amines) is 1. The van der Waals surface area contributed by atoms with Crippen LogP contribution in [0.3, 0.4) is 0 Å². The molecule has 0 radical (unpaired) electrons. The summed E-state index contributed by atoms with van der Waals surface area (Å²) in [5.74, 6) is 1.96. The van der Waals surface area contributed by atoms with Gasteiger partial charge in [0.05, 0.1) is 0 Å². The minimum atomic E-state index is 0.404. The Bertz CT molecular complexity index is 334. The molecule has 2 heterocycles. The first-order valence-electron chi connectivity index (χ1n) is 9.86. The molecule has 0 atom stereocenters. The number of nitrogens with zero attached hydrogens (tertiary/aromatic N) is 2. The van der Waals surface area contributed by atoms with E-state index in [4.69, 9.17) is 0 Å². The van der Waals surface area contributed by atoms with E-state index < -0.39 is 0 Å². The molecule has 1 N–H and O–H groups in total. The van der Waals surface area contributed by atoms with Crippen molar-refractivity contribution >= 4 is 5.91 Å². The second-order valence-electron chi connectivity index (χ2n) is 7.67. The summed E-state index contributed by atoms with van der Waals surface area (Å²) in [7, 11) is 2.24. The largest absolute Gasteiger partial charge is 0.343 e. The maximum absolute atomic E-state index is 12.4. The Kier molecular flexibility index (Phi) is 8.38. The molecule has 0 bridgehead atoms. The summed E-state index contributed by atoms with van der Waals surface area (Å²) in [6, 6.07) is 0. The van der Waals surface area contributed by atoms with E-state index in [2.05, 4.69) is 29.1 Å². The number of carbonyl (C=O) groups excluding carboxylic acids is 1. The number of unbranched alkanes of at least 4 members (excludes halogenated alkanes) is 1. The van der Waals surface area contributed by atoms with Gasteiger partial charge in [-0.2, -0.15) is 0 Å². The molecule has 0 saturated carbocycles. The van der Waals surface area contributed by atoms with Crippen LogP contribution >= 0.6 is 0 Å². The lowest BCUT2D eigenvalue weighted by Crippen LogP contribution is -2.41. The second kappa shape index (κ2) is 10.3. The van der Waals surface area contributed by atoms with E-state index in [1.165, 1.54) is 51.6 Å². The topological polar surface area (TPSA) is 35.6 Å². The molecule has 2 aliphatic heterocycles. The Morgan fingerprint density at radius 3 is 2.48 bits per heavy atom. The quantitative estimate of drug-likeness (QED) is 0.746. The molecular formula is C19H37N3O. The Labute approximate surface area is 143 Å². The lowest BCUT2D eigenvalue weighted by molar-refractivity contribution is -0.133. The molecule has 0 unspecified atom stereocenters. The summed E-state index contributed by atoms with van der Waals surface area (Å²) in [5.41, 5.74) is 0. The van der Waals surface area contributed by atoms with Crippen molar-refractivity contribution in [3.63, 3.8) is 0 Å². The van der Waals surface area contributed by atoms with E-state index in [0.717, 1.165) is 50.9 Å². The van der Waals surface area contributed by atoms with E-state index in [0.29, 0.717) is 5.91 Å². The van der Waals surface area contributed by atoms with E-state index in [9.17, 15) is 4.79 Å². The summed E-state index contributed by atoms with van der Waals surface area (Å²) >= 11 is 0. The van der Waals surface area contributed by atoms with Gasteiger partial charge in [0.1, 0.15) is 0 Å². The molecule has 0 aliphatic carbocycles. The fourth-order valence-corrected chi connectivity index (χ4v) is 3.98. The molecule has 0 aromatic carbocycles. The van der Waals surface area contributed by atoms with Gasteiger partial charge < -0.3 is 15.1 Å². The minimum absolute atomic E-state index is 0.404. The van der Waals surface area contributed by atoms with E-state index in [-0.39, 0.29) is 0 Å². The van der Waals surface area contributed by atoms with Crippen LogP contribution in [-0.4, -0.2) is 62.0 Å². The molecule has 1 amide bonds. The van der Waals surface area contributed by atoms with Crippen molar-refractivity contribution < 1.29 is 4.79 Å². The van der Waals surface area contributed by atoms with Crippen LogP contribution in [0.25, 0.3) is 0 Å². The maximum atomic E-state index is 12.4. The second-order valence-corrected chi connectivity index (χ2v) is 7.67. The zero-order valence-electron chi connectivity index (χ0n) is 15.4. The molecule has 134 valence electrons. The van der Waals surface area contributed by atoms with Crippen LogP contribution in [0.2, 0.25) is 0 Å². The van der Waals surface area contributed by atoms with Crippen molar-refractivity contribution in [2.45, 2.75) is 58.3 Å². The Balaban J connectivity index is 1.60. The van der Waals surface area contributed by atoms with Crippen LogP contribution in [0.4, 0.5) is 0 Å². The third-order valence-electron chi connectivity index (χ3n) is 5.66. The Morgan fingerprint density at radius 1 is 1.13 bits per heavy atom. The lowest BCUT2D eigenvalue weighted by atomic mass is 9.92. The third kappa shape index (κ3) is 6.80. The molecule has 23 heavy (non-hydrogen) atoms. The van der Waals surface area contributed by atoms with Gasteiger partial charge in [-0.3, -0.25) is 4.79 Å². The summed E-state index contributed by atoms with van der Waals surface area (Å²) in [6.45, 7) is 8.91. The first kappa shape index (κ1) is 18.7. The Morgan fingerprint density at radius 2 is 1.83 bits per heavy atom. The van der Waals surface area contributed by atoms with E-state index in [1.54, 1.807) is 0 Å². The highest BCUT2D eigenvalue weighted by Gasteiger charge is 2.24. The molecule has 0 aromatic heterocycles. The molecule has 0 aromatic rings. The average molecular weight is 324 g/mol. The first-order chi connectivity index (χ1) is 11.2. The fraction of sp³-hybridized carbons (Fsp3) is 0.947. The van der Waals surface area contributed by atoms with Crippen LogP contribution < -0.4 is 5.32 Å². The van der Waals surface area contributed by atoms with Crippen molar-refractivity contribution in [1.82, 2.24) is 15.1 Å². The highest BCUT2D eigenvalue weighted by Crippen LogP contribution is 2.22. The molecule has 4 heteroatoms. The van der Waals surface area contributed by atoms with Crippen molar-refractivity contribution in [2.24, 2.45) is 11.8 Å². The zero-order valence-corrected chi connectivity index (χ0v) is 15.4. The number of nitrogens with one attached hydrogen (secondary N) is 1. The van der Waals surface area contributed by atoms with E-state index in [1.807, 2.05) is 0 Å². The van der Waals surface area contributed by atoms with Gasteiger partial charge in [0.2, 0.25) is 5.91 Å². The molecular weight excluding hydrogens is 286 g/mol. The van der Waals surface area contributed by atoms with Crippen LogP contribution in [0.1, 0.15) is 58.3 Å². The smallest absolute Gasteiger partial charge is 0.222 e. The van der Waals surface area contributed by atoms with Crippen LogP contribution in [-0.2, 0) is 4.79 Å². The summed E-state index contributed by atoms with van der Waals surface area (Å²) in [5, 5.41) is 3.40. The number of hydrogen-bond acceptors (Lipinski definition) is 3. The lowest BCUT2D eigenvalue weighted by Gasteiger charge is -2.34. The summed E-state index contributed by atoms with van der Waals surface area (Å²) < 4.78 is 0. The van der Waals surface area contributed by atoms with Crippen LogP contribution in [0.15, 0.2) is 0 Å². The predicted octanol–water partition coefficient (Wildman–Crippen LogP) is 2.74. The van der Waals surface area contributed by atoms with Gasteiger partial charge >= 0.3 is 0 Å². The highest BCUT2D eigenvalue weighted by molar-refractivity contribution is 5.76. The zero-order chi connectivity index (χ0) is 16.5. The molecule has 2 aliphatic rings. The summed E-state index contributed by atoms with van der Waals surface area (Å²) in [6.07, 6.45) is 9.31. The number of hydrogen-bond donors (Lipinski definition) is 1. The molecule has 0 spiro atoms. The third-order valence-corrected chi connectivity index (χ3v) is 5.66. The SMILES string of the molecule is CCCCN(C)CC1CCN(C(=O)CCC2CCNCC2)CC1. The minimum Gasteiger partial charge on any atom is -0.343 e. The molecule has 2 saturated heterocycles. The number of rotatable bonds is 8. The van der Waals surface area contributed by atoms with Crippen LogP contribution in [0.5, 0.6) is 0 Å². The van der Waals surface area contributed by atoms with Crippen molar-refractivity contribution in [1.29, 1.82) is 0 Å². The van der Waals surface area contributed by atoms with Gasteiger partial charge in [0.15, 0.2) is 0 Å². The van der Waals surface area contributed by atoms with Gasteiger partial charge in [-0.05, 0) is 77.0 Å². The van der Waals surface area contributed by atoms with Gasteiger partial charge in [0.25, 0.3) is 0 Å². The standard InChI is InChI=1S/C19H37N3O/c1-3-4-13-21(2)16-18-9-14-22(15-10-18)19(23)6-5-17-7-11-20-12-8-17/h17-18,20H,3-16H2,1-2H3. The maximum Gasteiger partial charge on any atom is 0.222 e. The van der Waals surface area contributed by atoms with Crippen molar-refractivity contribution in [3.05, 3.63) is 0 Å². The van der Waals surface area contributed by atoms with Gasteiger partial charge in [-0.15, -0.1) is 0 Å². The highest BCUT2D eigenvalue weighted by atomic mass is 16.2. The fourth-order valence-electron chi connectivity index (χ4n) is 3.98. The molecule has 4 nitrogen and oxygen atoms in total. The van der Waals surface area contributed by atoms with Gasteiger partial charge in [-0.1, -0.05) is 13.3 Å². The van der Waals surface area contributed by atoms with Crippen molar-refractivity contribution in [3.8, 4) is 0 Å². The normalized spacial score (nSPS) is 21.1. The first-order valence-corrected chi connectivity index (χ1v) is 9.86. The van der Waals surface area contributed by atoms with Gasteiger partial charge in [0, 0.05) is 26.1 Å². The molecule has 2 rings (SSSR count). The van der Waals surface area contributed by atoms with Gasteiger partial charge in [-0.25, -0.2) is 0 Å². The monoisotopic (exact) mass is 323 g/mol. The Hall–Kier alpha value is -0.610. The van der Waals surface area contributed by atoms with E-state index >= 15 is 0 Å². The van der Waals surface area contributed by atoms with Crippen LogP contribution in [0, 0.1) is 11.8 Å². The average Bonchev–Trinajstić information content (AvgIpc) is 2.59. The predicted molar refractivity (Wildman–Crippen MR) is 96.5 cm³/mol. The number of amides is 1. The summed E-state index contributed by atoms with van der Waals surface area (Å²) in [4.78, 5) is 17.0.